The molecule has 1 aromatic rings. The van der Waals surface area contributed by atoms with Gasteiger partial charge in [0, 0.05) is 25.3 Å². The highest BCUT2D eigenvalue weighted by molar-refractivity contribution is 5.56. The second-order valence-corrected chi connectivity index (χ2v) is 4.17. The zero-order chi connectivity index (χ0) is 14.3. The van der Waals surface area contributed by atoms with Gasteiger partial charge in [-0.05, 0) is 25.0 Å². The molecule has 0 aliphatic rings. The maximum atomic E-state index is 6.20. The Bertz CT molecular complexity index is 395. The SMILES string of the molecule is COCCCC(N)c1ccc(OC)c(OC)c1OC. The lowest BCUT2D eigenvalue weighted by Crippen LogP contribution is -2.13. The van der Waals surface area contributed by atoms with Crippen LogP contribution in [0.4, 0.5) is 0 Å². The van der Waals surface area contributed by atoms with Crippen molar-refractivity contribution in [1.82, 2.24) is 0 Å². The van der Waals surface area contributed by atoms with E-state index in [9.17, 15) is 0 Å². The topological polar surface area (TPSA) is 62.9 Å². The fourth-order valence-electron chi connectivity index (χ4n) is 2.02. The third kappa shape index (κ3) is 3.75. The van der Waals surface area contributed by atoms with Gasteiger partial charge in [0.2, 0.25) is 5.75 Å². The summed E-state index contributed by atoms with van der Waals surface area (Å²) in [7, 11) is 6.46. The summed E-state index contributed by atoms with van der Waals surface area (Å²) in [4.78, 5) is 0. The first kappa shape index (κ1) is 15.6. The van der Waals surface area contributed by atoms with Gasteiger partial charge < -0.3 is 24.7 Å². The predicted octanol–water partition coefficient (Wildman–Crippen LogP) is 2.14. The normalized spacial score (nSPS) is 12.1. The molecule has 0 aliphatic carbocycles. The van der Waals surface area contributed by atoms with Crippen LogP contribution in [0.1, 0.15) is 24.4 Å². The summed E-state index contributed by atoms with van der Waals surface area (Å²) in [5.41, 5.74) is 7.11. The summed E-state index contributed by atoms with van der Waals surface area (Å²) >= 11 is 0. The number of nitrogens with two attached hydrogens (primary N) is 1. The average Bonchev–Trinajstić information content (AvgIpc) is 2.45. The molecule has 0 spiro atoms. The third-order valence-corrected chi connectivity index (χ3v) is 3.00. The predicted molar refractivity (Wildman–Crippen MR) is 74.1 cm³/mol. The number of rotatable bonds is 8. The molecule has 0 aliphatic heterocycles. The van der Waals surface area contributed by atoms with Gasteiger partial charge in [-0.15, -0.1) is 0 Å². The molecule has 0 saturated heterocycles. The molecule has 1 rings (SSSR count). The van der Waals surface area contributed by atoms with Gasteiger partial charge in [-0.2, -0.15) is 0 Å². The maximum Gasteiger partial charge on any atom is 0.203 e. The lowest BCUT2D eigenvalue weighted by atomic mass is 10.0. The summed E-state index contributed by atoms with van der Waals surface area (Å²) in [6.45, 7) is 0.698. The Kier molecular flexibility index (Phi) is 6.45. The van der Waals surface area contributed by atoms with E-state index in [1.807, 2.05) is 12.1 Å². The van der Waals surface area contributed by atoms with E-state index in [1.54, 1.807) is 28.4 Å². The molecule has 5 heteroatoms. The molecule has 0 fully saturated rings. The number of benzene rings is 1. The molecule has 5 nitrogen and oxygen atoms in total. The lowest BCUT2D eigenvalue weighted by Gasteiger charge is -2.19. The molecule has 19 heavy (non-hydrogen) atoms. The highest BCUT2D eigenvalue weighted by Crippen LogP contribution is 2.42. The molecule has 1 unspecified atom stereocenters. The van der Waals surface area contributed by atoms with Gasteiger partial charge in [0.1, 0.15) is 0 Å². The standard InChI is InChI=1S/C14H23NO4/c1-16-9-5-6-11(15)10-7-8-12(17-2)14(19-4)13(10)18-3/h7-8,11H,5-6,9,15H2,1-4H3. The minimum atomic E-state index is -0.120. The van der Waals surface area contributed by atoms with E-state index in [1.165, 1.54) is 0 Å². The van der Waals surface area contributed by atoms with Gasteiger partial charge in [0.15, 0.2) is 11.5 Å². The minimum Gasteiger partial charge on any atom is -0.493 e. The monoisotopic (exact) mass is 269 g/mol. The van der Waals surface area contributed by atoms with Crippen LogP contribution in [0.15, 0.2) is 12.1 Å². The summed E-state index contributed by atoms with van der Waals surface area (Å²) in [6.07, 6.45) is 1.72. The Morgan fingerprint density at radius 2 is 1.68 bits per heavy atom. The lowest BCUT2D eigenvalue weighted by molar-refractivity contribution is 0.190. The van der Waals surface area contributed by atoms with Crippen LogP contribution in [-0.4, -0.2) is 35.0 Å². The highest BCUT2D eigenvalue weighted by Gasteiger charge is 2.19. The molecule has 108 valence electrons. The number of methoxy groups -OCH3 is 4. The Balaban J connectivity index is 2.99. The second-order valence-electron chi connectivity index (χ2n) is 4.17. The molecule has 0 amide bonds. The first-order valence-corrected chi connectivity index (χ1v) is 6.22. The molecular formula is C14H23NO4. The van der Waals surface area contributed by atoms with E-state index in [0.29, 0.717) is 23.9 Å². The van der Waals surface area contributed by atoms with Crippen LogP contribution in [-0.2, 0) is 4.74 Å². The van der Waals surface area contributed by atoms with Crippen LogP contribution in [0.5, 0.6) is 17.2 Å². The molecule has 2 N–H and O–H groups in total. The zero-order valence-corrected chi connectivity index (χ0v) is 12.1. The van der Waals surface area contributed by atoms with Gasteiger partial charge in [0.25, 0.3) is 0 Å². The highest BCUT2D eigenvalue weighted by atomic mass is 16.5. The van der Waals surface area contributed by atoms with E-state index in [2.05, 4.69) is 0 Å². The van der Waals surface area contributed by atoms with Gasteiger partial charge in [-0.3, -0.25) is 0 Å². The quantitative estimate of drug-likeness (QED) is 0.733. The van der Waals surface area contributed by atoms with Crippen molar-refractivity contribution >= 4 is 0 Å². The van der Waals surface area contributed by atoms with Crippen molar-refractivity contribution < 1.29 is 18.9 Å². The molecule has 0 heterocycles. The summed E-state index contributed by atoms with van der Waals surface area (Å²) in [5, 5.41) is 0. The average molecular weight is 269 g/mol. The van der Waals surface area contributed by atoms with Crippen molar-refractivity contribution in [3.05, 3.63) is 17.7 Å². The van der Waals surface area contributed by atoms with Crippen LogP contribution < -0.4 is 19.9 Å². The van der Waals surface area contributed by atoms with E-state index in [0.717, 1.165) is 18.4 Å². The molecule has 0 saturated carbocycles. The van der Waals surface area contributed by atoms with Crippen LogP contribution in [0.2, 0.25) is 0 Å². The van der Waals surface area contributed by atoms with E-state index in [4.69, 9.17) is 24.7 Å². The van der Waals surface area contributed by atoms with Crippen LogP contribution in [0, 0.1) is 0 Å². The molecule has 1 aromatic carbocycles. The number of hydrogen-bond donors (Lipinski definition) is 1. The smallest absolute Gasteiger partial charge is 0.203 e. The van der Waals surface area contributed by atoms with Crippen LogP contribution in [0.25, 0.3) is 0 Å². The maximum absolute atomic E-state index is 6.20. The fraction of sp³-hybridized carbons (Fsp3) is 0.571. The van der Waals surface area contributed by atoms with Crippen LogP contribution >= 0.6 is 0 Å². The van der Waals surface area contributed by atoms with E-state index >= 15 is 0 Å². The van der Waals surface area contributed by atoms with Gasteiger partial charge in [-0.25, -0.2) is 0 Å². The third-order valence-electron chi connectivity index (χ3n) is 3.00. The Labute approximate surface area is 114 Å². The van der Waals surface area contributed by atoms with Crippen molar-refractivity contribution in [3.8, 4) is 17.2 Å². The fourth-order valence-corrected chi connectivity index (χ4v) is 2.02. The summed E-state index contributed by atoms with van der Waals surface area (Å²) < 4.78 is 21.0. The minimum absolute atomic E-state index is 0.120. The number of hydrogen-bond acceptors (Lipinski definition) is 5. The first-order valence-electron chi connectivity index (χ1n) is 6.22. The Hall–Kier alpha value is -1.46. The Morgan fingerprint density at radius 3 is 2.21 bits per heavy atom. The first-order chi connectivity index (χ1) is 9.19. The van der Waals surface area contributed by atoms with E-state index in [-0.39, 0.29) is 6.04 Å². The summed E-state index contributed by atoms with van der Waals surface area (Å²) in [6, 6.07) is 3.63. The molecule has 0 radical (unpaired) electrons. The molecular weight excluding hydrogens is 246 g/mol. The van der Waals surface area contributed by atoms with Crippen LogP contribution in [0.3, 0.4) is 0 Å². The van der Waals surface area contributed by atoms with Crippen molar-refractivity contribution in [1.29, 1.82) is 0 Å². The molecule has 1 atom stereocenters. The zero-order valence-electron chi connectivity index (χ0n) is 12.1. The molecule has 0 aromatic heterocycles. The largest absolute Gasteiger partial charge is 0.493 e. The van der Waals surface area contributed by atoms with Crippen molar-refractivity contribution in [2.24, 2.45) is 5.73 Å². The van der Waals surface area contributed by atoms with E-state index < -0.39 is 0 Å². The molecule has 0 bridgehead atoms. The van der Waals surface area contributed by atoms with Crippen molar-refractivity contribution in [3.63, 3.8) is 0 Å². The van der Waals surface area contributed by atoms with Crippen molar-refractivity contribution in [2.75, 3.05) is 35.0 Å². The summed E-state index contributed by atoms with van der Waals surface area (Å²) in [5.74, 6) is 1.84. The van der Waals surface area contributed by atoms with Gasteiger partial charge in [0.05, 0.1) is 21.3 Å². The number of ether oxygens (including phenoxy) is 4. The van der Waals surface area contributed by atoms with Gasteiger partial charge in [-0.1, -0.05) is 0 Å². The Morgan fingerprint density at radius 1 is 1.00 bits per heavy atom. The van der Waals surface area contributed by atoms with Crippen molar-refractivity contribution in [2.45, 2.75) is 18.9 Å². The second kappa shape index (κ2) is 7.86. The van der Waals surface area contributed by atoms with Gasteiger partial charge >= 0.3 is 0 Å².